The van der Waals surface area contributed by atoms with Crippen LogP contribution >= 0.6 is 31.0 Å². The van der Waals surface area contributed by atoms with Gasteiger partial charge in [-0.15, -0.1) is 9.80 Å². The highest BCUT2D eigenvalue weighted by atomic mass is 127. The summed E-state index contributed by atoms with van der Waals surface area (Å²) in [5, 5.41) is 10.2. The summed E-state index contributed by atoms with van der Waals surface area (Å²) in [6, 6.07) is 0. The highest BCUT2D eigenvalue weighted by molar-refractivity contribution is 14.2. The maximum absolute atomic E-state index is 10.2. The molecule has 0 saturated heterocycles. The van der Waals surface area contributed by atoms with Gasteiger partial charge in [0.25, 0.3) is 0 Å². The van der Waals surface area contributed by atoms with Gasteiger partial charge >= 0.3 is 0 Å². The smallest absolute Gasteiger partial charge is 0.0577 e. The van der Waals surface area contributed by atoms with Gasteiger partial charge in [-0.2, -0.15) is 0 Å². The van der Waals surface area contributed by atoms with E-state index in [-0.39, 0.29) is 6.10 Å². The molecule has 4 aliphatic carbocycles. The zero-order chi connectivity index (χ0) is 24.6. The van der Waals surface area contributed by atoms with Crippen LogP contribution in [0.25, 0.3) is 0 Å². The zero-order valence-electron chi connectivity index (χ0n) is 22.7. The molecule has 0 bridgehead atoms. The molecule has 0 radical (unpaired) electrons. The van der Waals surface area contributed by atoms with Crippen molar-refractivity contribution in [3.8, 4) is 0 Å². The van der Waals surface area contributed by atoms with Crippen LogP contribution in [0.4, 0.5) is 0 Å². The van der Waals surface area contributed by atoms with Crippen molar-refractivity contribution in [2.24, 2.45) is 40.4 Å². The topological polar surface area (TPSA) is 20.2 Å². The van der Waals surface area contributed by atoms with Gasteiger partial charge in [0.1, 0.15) is 0 Å². The summed E-state index contributed by atoms with van der Waals surface area (Å²) in [5.74, 6) is 4.69. The molecule has 3 saturated carbocycles. The van der Waals surface area contributed by atoms with Gasteiger partial charge < -0.3 is 5.11 Å². The van der Waals surface area contributed by atoms with Crippen molar-refractivity contribution in [3.63, 3.8) is 0 Å². The molecule has 4 rings (SSSR count). The minimum atomic E-state index is -0.0738. The Labute approximate surface area is 224 Å². The number of thiol groups is 1. The molecule has 8 unspecified atom stereocenters. The molecule has 3 heteroatoms. The highest BCUT2D eigenvalue weighted by Crippen LogP contribution is 2.66. The summed E-state index contributed by atoms with van der Waals surface area (Å²) in [4.78, 5) is 0. The summed E-state index contributed by atoms with van der Waals surface area (Å²) in [7, 11) is 3.50. The molecule has 194 valence electrons. The maximum Gasteiger partial charge on any atom is 0.0577 e. The number of fused-ring (bicyclic) bond motifs is 5. The fourth-order valence-corrected chi connectivity index (χ4v) is 8.63. The molecule has 1 nitrogen and oxygen atoms in total. The monoisotopic (exact) mass is 590 g/mol. The minimum Gasteiger partial charge on any atom is -0.393 e. The Bertz CT molecular complexity index is 606. The van der Waals surface area contributed by atoms with Gasteiger partial charge in [-0.05, 0) is 119 Å². The summed E-state index contributed by atoms with van der Waals surface area (Å²) < 4.78 is 0. The van der Waals surface area contributed by atoms with Gasteiger partial charge in [0.2, 0.25) is 0 Å². The summed E-state index contributed by atoms with van der Waals surface area (Å²) in [5.41, 5.74) is 2.64. The van der Waals surface area contributed by atoms with Gasteiger partial charge in [0, 0.05) is 0 Å². The molecule has 3 fully saturated rings. The Balaban J connectivity index is 0.000000914. The number of halogens is 1. The quantitative estimate of drug-likeness (QED) is 0.172. The lowest BCUT2D eigenvalue weighted by Gasteiger charge is -2.58. The average molecular weight is 591 g/mol. The minimum absolute atomic E-state index is 0.0738. The molecule has 0 aromatic rings. The third kappa shape index (κ3) is 6.56. The Hall–Kier alpha value is 0.780. The van der Waals surface area contributed by atoms with Crippen molar-refractivity contribution >= 4 is 31.0 Å². The lowest BCUT2D eigenvalue weighted by Crippen LogP contribution is -2.50. The first-order chi connectivity index (χ1) is 15.9. The summed E-state index contributed by atoms with van der Waals surface area (Å²) in [6.45, 7) is 14.1. The second-order valence-corrected chi connectivity index (χ2v) is 12.2. The normalized spacial score (nSPS) is 40.0. The first-order valence-corrected chi connectivity index (χ1v) is 17.7. The lowest BCUT2D eigenvalue weighted by atomic mass is 9.47. The number of allylic oxidation sites excluding steroid dienone is 1. The van der Waals surface area contributed by atoms with E-state index < -0.39 is 0 Å². The van der Waals surface area contributed by atoms with E-state index in [0.717, 1.165) is 42.4 Å². The fourth-order valence-electron chi connectivity index (χ4n) is 8.63. The van der Waals surface area contributed by atoms with Crippen molar-refractivity contribution in [1.82, 2.24) is 0 Å². The molecular formula is C30H55IOS. The van der Waals surface area contributed by atoms with Crippen molar-refractivity contribution in [2.75, 3.05) is 0 Å². The molecule has 4 aliphatic rings. The van der Waals surface area contributed by atoms with E-state index in [1.54, 1.807) is 5.57 Å². The van der Waals surface area contributed by atoms with Crippen molar-refractivity contribution in [1.29, 1.82) is 0 Å². The van der Waals surface area contributed by atoms with Crippen LogP contribution in [0.15, 0.2) is 11.6 Å². The van der Waals surface area contributed by atoms with Gasteiger partial charge in [-0.3, -0.25) is 0 Å². The van der Waals surface area contributed by atoms with Crippen LogP contribution in [0.1, 0.15) is 131 Å². The maximum atomic E-state index is 10.2. The molecule has 0 amide bonds. The van der Waals surface area contributed by atoms with E-state index >= 15 is 0 Å². The number of aliphatic hydroxyl groups is 1. The number of hydrogen-bond acceptors (Lipinski definition) is 2. The van der Waals surface area contributed by atoms with E-state index in [1.807, 2.05) is 35.1 Å². The number of aliphatic hydroxyl groups excluding tert-OH is 1. The fraction of sp³-hybridized carbons (Fsp3) is 0.933. The van der Waals surface area contributed by atoms with Crippen LogP contribution in [-0.4, -0.2) is 11.2 Å². The number of rotatable bonds is 7. The molecule has 0 aromatic carbocycles. The van der Waals surface area contributed by atoms with Crippen LogP contribution in [0.2, 0.25) is 0 Å². The molecular weight excluding hydrogens is 535 g/mol. The Morgan fingerprint density at radius 1 is 1.03 bits per heavy atom. The molecule has 0 aromatic heterocycles. The first-order valence-electron chi connectivity index (χ1n) is 14.4. The van der Waals surface area contributed by atoms with E-state index in [1.165, 1.54) is 77.0 Å². The third-order valence-corrected chi connectivity index (χ3v) is 10.6. The van der Waals surface area contributed by atoms with Crippen molar-refractivity contribution in [2.45, 2.75) is 138 Å². The van der Waals surface area contributed by atoms with Gasteiger partial charge in [0.05, 0.1) is 6.10 Å². The van der Waals surface area contributed by atoms with Crippen LogP contribution < -0.4 is 0 Å². The number of hydrogen-bond donors (Lipinski definition) is 2. The second-order valence-electron chi connectivity index (χ2n) is 12.2. The van der Waals surface area contributed by atoms with E-state index in [0.29, 0.717) is 10.8 Å². The van der Waals surface area contributed by atoms with Gasteiger partial charge in [-0.1, -0.05) is 85.3 Å². The van der Waals surface area contributed by atoms with Gasteiger partial charge in [0.15, 0.2) is 0 Å². The van der Waals surface area contributed by atoms with E-state index in [4.69, 9.17) is 0 Å². The number of unbranched alkanes of at least 4 members (excludes halogenated alkanes) is 1. The third-order valence-electron chi connectivity index (χ3n) is 10.6. The predicted octanol–water partition coefficient (Wildman–Crippen LogP) is 10.2. The Morgan fingerprint density at radius 2 is 1.73 bits per heavy atom. The molecule has 0 heterocycles. The average Bonchev–Trinajstić information content (AvgIpc) is 3.17. The standard InChI is InChI=1S/C28H48O.C2H6.HIS/c1-5-6-8-20(2)9-7-10-21-12-14-25-24-13-11-22-19-23(29)15-17-28(22,4)26(24)16-18-27(21,25)3;2*1-2/h11,20-21,23-26,29H,5-10,12-19H2,1-4H3;1-2H3;2H. The first kappa shape index (κ1) is 30.0. The van der Waals surface area contributed by atoms with Gasteiger partial charge in [-0.25, -0.2) is 0 Å². The van der Waals surface area contributed by atoms with Crippen molar-refractivity contribution in [3.05, 3.63) is 11.6 Å². The molecule has 1 N–H and O–H groups in total. The lowest BCUT2D eigenvalue weighted by molar-refractivity contribution is -0.0509. The predicted molar refractivity (Wildman–Crippen MR) is 158 cm³/mol. The largest absolute Gasteiger partial charge is 0.393 e. The highest BCUT2D eigenvalue weighted by Gasteiger charge is 2.58. The zero-order valence-corrected chi connectivity index (χ0v) is 25.8. The van der Waals surface area contributed by atoms with E-state index in [2.05, 4.69) is 43.6 Å². The van der Waals surface area contributed by atoms with E-state index in [9.17, 15) is 5.11 Å². The Morgan fingerprint density at radius 3 is 2.42 bits per heavy atom. The molecule has 0 spiro atoms. The summed E-state index contributed by atoms with van der Waals surface area (Å²) >= 11 is 1.84. The Kier molecular flexibility index (Phi) is 12.7. The SMILES string of the molecule is CC.CCCCC(C)CCCC1CCC2C3CC=C4CC(O)CCC4(C)C3CCC12C.SI. The molecule has 0 aliphatic heterocycles. The van der Waals surface area contributed by atoms with Crippen LogP contribution in [0, 0.1) is 40.4 Å². The van der Waals surface area contributed by atoms with Crippen LogP contribution in [0.3, 0.4) is 0 Å². The molecule has 8 atom stereocenters. The summed E-state index contributed by atoms with van der Waals surface area (Å²) in [6.07, 6.45) is 21.6. The van der Waals surface area contributed by atoms with Crippen molar-refractivity contribution < 1.29 is 5.11 Å². The van der Waals surface area contributed by atoms with Crippen LogP contribution in [0.5, 0.6) is 0 Å². The van der Waals surface area contributed by atoms with Crippen LogP contribution in [-0.2, 0) is 0 Å². The second kappa shape index (κ2) is 13.9. The molecule has 33 heavy (non-hydrogen) atoms.